The highest BCUT2D eigenvalue weighted by molar-refractivity contribution is 5.99. The van der Waals surface area contributed by atoms with Crippen LogP contribution in [0.4, 0.5) is 5.69 Å². The summed E-state index contributed by atoms with van der Waals surface area (Å²) >= 11 is 0. The van der Waals surface area contributed by atoms with Crippen LogP contribution in [0.25, 0.3) is 6.08 Å². The minimum Gasteiger partial charge on any atom is -0.465 e. The third-order valence-corrected chi connectivity index (χ3v) is 3.13. The molecule has 1 aromatic heterocycles. The predicted molar refractivity (Wildman–Crippen MR) is 88.4 cm³/mol. The van der Waals surface area contributed by atoms with Crippen molar-refractivity contribution < 1.29 is 23.5 Å². The van der Waals surface area contributed by atoms with Crippen LogP contribution in [0.2, 0.25) is 0 Å². The molecule has 24 heavy (non-hydrogen) atoms. The molecule has 0 saturated carbocycles. The van der Waals surface area contributed by atoms with Gasteiger partial charge < -0.3 is 14.5 Å². The Balaban J connectivity index is 1.91. The van der Waals surface area contributed by atoms with Gasteiger partial charge in [0.05, 0.1) is 6.26 Å². The first kappa shape index (κ1) is 17.2. The zero-order valence-corrected chi connectivity index (χ0v) is 13.3. The highest BCUT2D eigenvalue weighted by Gasteiger charge is 2.17. The number of ketones is 1. The molecule has 2 rings (SSSR count). The summed E-state index contributed by atoms with van der Waals surface area (Å²) in [6.07, 6.45) is 3.12. The second kappa shape index (κ2) is 7.92. The second-order valence-electron chi connectivity index (χ2n) is 5.05. The maximum absolute atomic E-state index is 12.0. The van der Waals surface area contributed by atoms with Crippen molar-refractivity contribution in [2.45, 2.75) is 20.0 Å². The molecular formula is C18H17NO5. The number of hydrogen-bond acceptors (Lipinski definition) is 5. The van der Waals surface area contributed by atoms with E-state index in [9.17, 15) is 14.4 Å². The zero-order valence-electron chi connectivity index (χ0n) is 13.3. The molecule has 0 bridgehead atoms. The van der Waals surface area contributed by atoms with Gasteiger partial charge in [-0.05, 0) is 44.2 Å². The van der Waals surface area contributed by atoms with Gasteiger partial charge in [-0.15, -0.1) is 0 Å². The maximum Gasteiger partial charge on any atom is 0.331 e. The summed E-state index contributed by atoms with van der Waals surface area (Å²) in [4.78, 5) is 35.1. The van der Waals surface area contributed by atoms with Gasteiger partial charge in [-0.2, -0.15) is 0 Å². The quantitative estimate of drug-likeness (QED) is 0.500. The summed E-state index contributed by atoms with van der Waals surface area (Å²) in [5, 5.41) is 2.60. The maximum atomic E-state index is 12.0. The fraction of sp³-hybridized carbons (Fsp3) is 0.167. The fourth-order valence-corrected chi connectivity index (χ4v) is 1.86. The van der Waals surface area contributed by atoms with Gasteiger partial charge in [0.15, 0.2) is 11.9 Å². The highest BCUT2D eigenvalue weighted by atomic mass is 16.5. The summed E-state index contributed by atoms with van der Waals surface area (Å²) in [5.74, 6) is -0.749. The van der Waals surface area contributed by atoms with Crippen LogP contribution >= 0.6 is 0 Å². The van der Waals surface area contributed by atoms with Crippen molar-refractivity contribution in [2.24, 2.45) is 0 Å². The van der Waals surface area contributed by atoms with Crippen LogP contribution in [0.15, 0.2) is 53.2 Å². The van der Waals surface area contributed by atoms with E-state index in [2.05, 4.69) is 5.32 Å². The van der Waals surface area contributed by atoms with E-state index >= 15 is 0 Å². The van der Waals surface area contributed by atoms with Crippen molar-refractivity contribution in [3.63, 3.8) is 0 Å². The molecule has 2 aromatic rings. The molecule has 1 aromatic carbocycles. The van der Waals surface area contributed by atoms with Crippen molar-refractivity contribution in [2.75, 3.05) is 5.32 Å². The number of anilines is 1. The molecule has 0 aliphatic heterocycles. The molecule has 1 unspecified atom stereocenters. The highest BCUT2D eigenvalue weighted by Crippen LogP contribution is 2.12. The third kappa shape index (κ3) is 4.95. The van der Waals surface area contributed by atoms with E-state index in [1.54, 1.807) is 36.4 Å². The zero-order chi connectivity index (χ0) is 17.5. The Kier molecular flexibility index (Phi) is 5.68. The lowest BCUT2D eigenvalue weighted by molar-refractivity contribution is -0.148. The number of carbonyl (C=O) groups is 3. The van der Waals surface area contributed by atoms with Gasteiger partial charge in [0.1, 0.15) is 5.76 Å². The van der Waals surface area contributed by atoms with Crippen molar-refractivity contribution in [1.82, 2.24) is 0 Å². The van der Waals surface area contributed by atoms with Gasteiger partial charge in [0.25, 0.3) is 5.91 Å². The van der Waals surface area contributed by atoms with Crippen LogP contribution < -0.4 is 5.32 Å². The molecule has 1 amide bonds. The first-order valence-corrected chi connectivity index (χ1v) is 7.30. The largest absolute Gasteiger partial charge is 0.465 e. The molecule has 0 saturated heterocycles. The molecule has 1 N–H and O–H groups in total. The lowest BCUT2D eigenvalue weighted by atomic mass is 10.1. The average molecular weight is 327 g/mol. The van der Waals surface area contributed by atoms with E-state index in [-0.39, 0.29) is 5.78 Å². The molecule has 0 radical (unpaired) electrons. The van der Waals surface area contributed by atoms with Crippen LogP contribution in [0.3, 0.4) is 0 Å². The smallest absolute Gasteiger partial charge is 0.331 e. The topological polar surface area (TPSA) is 85.6 Å². The van der Waals surface area contributed by atoms with E-state index in [0.29, 0.717) is 17.0 Å². The standard InChI is InChI=1S/C18H17NO5/c1-12(20)14-5-3-6-15(11-14)19-18(22)13(2)24-17(21)9-8-16-7-4-10-23-16/h3-11,13H,1-2H3,(H,19,22). The van der Waals surface area contributed by atoms with E-state index in [0.717, 1.165) is 0 Å². The number of carbonyl (C=O) groups excluding carboxylic acids is 3. The average Bonchev–Trinajstić information content (AvgIpc) is 3.06. The SMILES string of the molecule is CC(=O)c1cccc(NC(=O)C(C)OC(=O)C=Cc2ccco2)c1. The minimum atomic E-state index is -0.986. The minimum absolute atomic E-state index is 0.103. The number of esters is 1. The number of hydrogen-bond donors (Lipinski definition) is 1. The molecule has 0 aliphatic carbocycles. The molecule has 6 heteroatoms. The number of rotatable bonds is 6. The van der Waals surface area contributed by atoms with Crippen LogP contribution in [0, 0.1) is 0 Å². The summed E-state index contributed by atoms with van der Waals surface area (Å²) in [7, 11) is 0. The Morgan fingerprint density at radius 3 is 2.67 bits per heavy atom. The van der Waals surface area contributed by atoms with Crippen molar-refractivity contribution in [3.8, 4) is 0 Å². The fourth-order valence-electron chi connectivity index (χ4n) is 1.86. The number of ether oxygens (including phenoxy) is 1. The Labute approximate surface area is 139 Å². The number of amides is 1. The Morgan fingerprint density at radius 1 is 1.21 bits per heavy atom. The molecule has 0 fully saturated rings. The first-order chi connectivity index (χ1) is 11.5. The monoisotopic (exact) mass is 327 g/mol. The van der Waals surface area contributed by atoms with Gasteiger partial charge in [-0.1, -0.05) is 12.1 Å². The molecule has 0 spiro atoms. The van der Waals surface area contributed by atoms with Crippen LogP contribution in [-0.4, -0.2) is 23.8 Å². The van der Waals surface area contributed by atoms with E-state index in [1.165, 1.54) is 32.3 Å². The van der Waals surface area contributed by atoms with Gasteiger partial charge >= 0.3 is 5.97 Å². The Bertz CT molecular complexity index is 761. The predicted octanol–water partition coefficient (Wildman–Crippen LogP) is 3.07. The second-order valence-corrected chi connectivity index (χ2v) is 5.05. The van der Waals surface area contributed by atoms with Crippen molar-refractivity contribution in [1.29, 1.82) is 0 Å². The first-order valence-electron chi connectivity index (χ1n) is 7.30. The van der Waals surface area contributed by atoms with Crippen LogP contribution in [0.5, 0.6) is 0 Å². The molecule has 6 nitrogen and oxygen atoms in total. The molecule has 124 valence electrons. The lowest BCUT2D eigenvalue weighted by Crippen LogP contribution is -2.29. The number of furan rings is 1. The Hall–Kier alpha value is -3.15. The number of benzene rings is 1. The van der Waals surface area contributed by atoms with Crippen LogP contribution in [-0.2, 0) is 14.3 Å². The van der Waals surface area contributed by atoms with E-state index in [4.69, 9.17) is 9.15 Å². The van der Waals surface area contributed by atoms with Crippen molar-refractivity contribution >= 4 is 29.4 Å². The van der Waals surface area contributed by atoms with Crippen molar-refractivity contribution in [3.05, 3.63) is 60.1 Å². The normalized spacial score (nSPS) is 11.9. The molecule has 1 heterocycles. The van der Waals surface area contributed by atoms with Crippen LogP contribution in [0.1, 0.15) is 30.0 Å². The Morgan fingerprint density at radius 2 is 2.00 bits per heavy atom. The van der Waals surface area contributed by atoms with Gasteiger partial charge in [-0.3, -0.25) is 9.59 Å². The number of Topliss-reactive ketones (excluding diaryl/α,β-unsaturated/α-hetero) is 1. The van der Waals surface area contributed by atoms with E-state index < -0.39 is 18.0 Å². The lowest BCUT2D eigenvalue weighted by Gasteiger charge is -2.12. The number of nitrogens with one attached hydrogen (secondary N) is 1. The summed E-state index contributed by atoms with van der Waals surface area (Å²) in [6, 6.07) is 9.90. The summed E-state index contributed by atoms with van der Waals surface area (Å²) < 4.78 is 10.1. The molecule has 0 aliphatic rings. The van der Waals surface area contributed by atoms with Gasteiger partial charge in [0.2, 0.25) is 0 Å². The summed E-state index contributed by atoms with van der Waals surface area (Å²) in [6.45, 7) is 2.90. The third-order valence-electron chi connectivity index (χ3n) is 3.13. The van der Waals surface area contributed by atoms with Gasteiger partial charge in [0, 0.05) is 17.3 Å². The molecule has 1 atom stereocenters. The van der Waals surface area contributed by atoms with E-state index in [1.807, 2.05) is 0 Å². The van der Waals surface area contributed by atoms with Gasteiger partial charge in [-0.25, -0.2) is 4.79 Å². The summed E-state index contributed by atoms with van der Waals surface area (Å²) in [5.41, 5.74) is 0.945. The molecular weight excluding hydrogens is 310 g/mol.